The Kier molecular flexibility index (Phi) is 5.37. The Labute approximate surface area is 115 Å². The van der Waals surface area contributed by atoms with E-state index in [9.17, 15) is 0 Å². The highest BCUT2D eigenvalue weighted by molar-refractivity contribution is 14.1. The molecule has 0 radical (unpaired) electrons. The molecule has 1 aromatic carbocycles. The summed E-state index contributed by atoms with van der Waals surface area (Å²) in [4.78, 5) is 0. The van der Waals surface area contributed by atoms with Crippen LogP contribution in [0.25, 0.3) is 0 Å². The lowest BCUT2D eigenvalue weighted by atomic mass is 10.2. The van der Waals surface area contributed by atoms with Crippen molar-refractivity contribution in [3.05, 3.63) is 37.5 Å². The van der Waals surface area contributed by atoms with Crippen molar-refractivity contribution in [3.63, 3.8) is 0 Å². The monoisotopic (exact) mass is 429 g/mol. The van der Waals surface area contributed by atoms with Crippen LogP contribution in [0.4, 0.5) is 0 Å². The fourth-order valence-electron chi connectivity index (χ4n) is 1.03. The van der Waals surface area contributed by atoms with Crippen LogP contribution < -0.4 is 4.74 Å². The number of rotatable bonds is 4. The third kappa shape index (κ3) is 3.63. The summed E-state index contributed by atoms with van der Waals surface area (Å²) in [5, 5.41) is 11.6. The van der Waals surface area contributed by atoms with Gasteiger partial charge in [0.25, 0.3) is 0 Å². The Morgan fingerprint density at radius 2 is 2.20 bits per heavy atom. The molecule has 0 heterocycles. The molecule has 80 valence electrons. The smallest absolute Gasteiger partial charge is 0.142 e. The SMILES string of the molecule is C=CCOc1c(I)cc(I)cc1/C=N/O. The van der Waals surface area contributed by atoms with Crippen LogP contribution in [-0.2, 0) is 0 Å². The second kappa shape index (κ2) is 6.31. The largest absolute Gasteiger partial charge is 0.488 e. The van der Waals surface area contributed by atoms with E-state index in [1.165, 1.54) is 6.21 Å². The van der Waals surface area contributed by atoms with Crippen molar-refractivity contribution in [2.24, 2.45) is 5.16 Å². The summed E-state index contributed by atoms with van der Waals surface area (Å²) in [6.07, 6.45) is 3.04. The van der Waals surface area contributed by atoms with Crippen LogP contribution in [0.1, 0.15) is 5.56 Å². The van der Waals surface area contributed by atoms with Crippen molar-refractivity contribution in [1.29, 1.82) is 0 Å². The standard InChI is InChI=1S/C10H9I2NO2/c1-2-3-15-10-7(6-13-14)4-8(11)5-9(10)12/h2,4-6,14H,1,3H2/b13-6+. The Morgan fingerprint density at radius 3 is 2.80 bits per heavy atom. The molecular formula is C10H9I2NO2. The summed E-state index contributed by atoms with van der Waals surface area (Å²) in [6, 6.07) is 3.88. The molecule has 0 saturated heterocycles. The molecule has 0 saturated carbocycles. The molecule has 0 fully saturated rings. The van der Waals surface area contributed by atoms with Crippen LogP contribution in [0.5, 0.6) is 5.75 Å². The van der Waals surface area contributed by atoms with Gasteiger partial charge in [0.05, 0.1) is 9.78 Å². The van der Waals surface area contributed by atoms with Gasteiger partial charge in [0.15, 0.2) is 0 Å². The summed E-state index contributed by atoms with van der Waals surface area (Å²) < 4.78 is 7.54. The van der Waals surface area contributed by atoms with Crippen LogP contribution in [0.15, 0.2) is 29.9 Å². The van der Waals surface area contributed by atoms with Gasteiger partial charge in [0.1, 0.15) is 12.4 Å². The number of hydrogen-bond acceptors (Lipinski definition) is 3. The Bertz CT molecular complexity index is 391. The van der Waals surface area contributed by atoms with Crippen LogP contribution in [-0.4, -0.2) is 18.0 Å². The first kappa shape index (κ1) is 12.8. The number of hydrogen-bond donors (Lipinski definition) is 1. The summed E-state index contributed by atoms with van der Waals surface area (Å²) in [6.45, 7) is 4.02. The zero-order chi connectivity index (χ0) is 11.3. The molecule has 1 rings (SSSR count). The van der Waals surface area contributed by atoms with E-state index in [0.717, 1.165) is 12.7 Å². The fourth-order valence-corrected chi connectivity index (χ4v) is 3.08. The minimum Gasteiger partial charge on any atom is -0.488 e. The predicted molar refractivity (Wildman–Crippen MR) is 76.9 cm³/mol. The molecule has 5 heteroatoms. The molecular weight excluding hydrogens is 420 g/mol. The summed E-state index contributed by atoms with van der Waals surface area (Å²) in [5.74, 6) is 0.716. The molecule has 0 bridgehead atoms. The average molecular weight is 429 g/mol. The van der Waals surface area contributed by atoms with E-state index in [0.29, 0.717) is 12.4 Å². The lowest BCUT2D eigenvalue weighted by Crippen LogP contribution is -2.00. The van der Waals surface area contributed by atoms with Crippen molar-refractivity contribution in [3.8, 4) is 5.75 Å². The molecule has 0 atom stereocenters. The van der Waals surface area contributed by atoms with E-state index in [1.807, 2.05) is 12.1 Å². The highest BCUT2D eigenvalue weighted by Crippen LogP contribution is 2.27. The fraction of sp³-hybridized carbons (Fsp3) is 0.100. The molecule has 1 aromatic rings. The molecule has 0 aliphatic rings. The molecule has 0 unspecified atom stereocenters. The summed E-state index contributed by atoms with van der Waals surface area (Å²) in [7, 11) is 0. The van der Waals surface area contributed by atoms with Crippen molar-refractivity contribution in [2.45, 2.75) is 0 Å². The van der Waals surface area contributed by atoms with Crippen LogP contribution in [0.3, 0.4) is 0 Å². The van der Waals surface area contributed by atoms with Gasteiger partial charge in [-0.2, -0.15) is 0 Å². The van der Waals surface area contributed by atoms with Gasteiger partial charge in [-0.1, -0.05) is 17.8 Å². The topological polar surface area (TPSA) is 41.8 Å². The van der Waals surface area contributed by atoms with E-state index in [1.54, 1.807) is 6.08 Å². The van der Waals surface area contributed by atoms with Gasteiger partial charge in [-0.3, -0.25) is 0 Å². The third-order valence-electron chi connectivity index (χ3n) is 1.58. The van der Waals surface area contributed by atoms with E-state index in [2.05, 4.69) is 56.9 Å². The first-order valence-corrected chi connectivity index (χ1v) is 6.25. The number of ether oxygens (including phenoxy) is 1. The van der Waals surface area contributed by atoms with Crippen LogP contribution in [0, 0.1) is 7.14 Å². The van der Waals surface area contributed by atoms with E-state index in [-0.39, 0.29) is 0 Å². The molecule has 1 N–H and O–H groups in total. The predicted octanol–water partition coefficient (Wildman–Crippen LogP) is 3.27. The van der Waals surface area contributed by atoms with Gasteiger partial charge in [-0.25, -0.2) is 0 Å². The zero-order valence-electron chi connectivity index (χ0n) is 7.78. The van der Waals surface area contributed by atoms with Crippen LogP contribution in [0.2, 0.25) is 0 Å². The van der Waals surface area contributed by atoms with Crippen molar-refractivity contribution >= 4 is 51.4 Å². The van der Waals surface area contributed by atoms with Crippen molar-refractivity contribution in [1.82, 2.24) is 0 Å². The Morgan fingerprint density at radius 1 is 1.47 bits per heavy atom. The maximum atomic E-state index is 8.54. The second-order valence-corrected chi connectivity index (χ2v) is 5.06. The Balaban J connectivity index is 3.13. The van der Waals surface area contributed by atoms with E-state index in [4.69, 9.17) is 9.94 Å². The Hall–Kier alpha value is -0.310. The van der Waals surface area contributed by atoms with E-state index >= 15 is 0 Å². The number of oxime groups is 1. The maximum Gasteiger partial charge on any atom is 0.142 e. The first-order chi connectivity index (χ1) is 7.19. The minimum absolute atomic E-state index is 0.433. The van der Waals surface area contributed by atoms with Gasteiger partial charge >= 0.3 is 0 Å². The molecule has 0 aliphatic carbocycles. The van der Waals surface area contributed by atoms with Crippen LogP contribution >= 0.6 is 45.2 Å². The number of halogens is 2. The first-order valence-electron chi connectivity index (χ1n) is 4.09. The van der Waals surface area contributed by atoms with E-state index < -0.39 is 0 Å². The molecule has 0 spiro atoms. The van der Waals surface area contributed by atoms with Gasteiger partial charge < -0.3 is 9.94 Å². The normalized spacial score (nSPS) is 10.5. The van der Waals surface area contributed by atoms with Gasteiger partial charge in [-0.15, -0.1) is 0 Å². The minimum atomic E-state index is 0.433. The number of benzene rings is 1. The lowest BCUT2D eigenvalue weighted by Gasteiger charge is -2.09. The molecule has 0 amide bonds. The van der Waals surface area contributed by atoms with Gasteiger partial charge in [0, 0.05) is 9.13 Å². The summed E-state index contributed by atoms with van der Waals surface area (Å²) in [5.41, 5.74) is 0.760. The van der Waals surface area contributed by atoms with Crippen molar-refractivity contribution < 1.29 is 9.94 Å². The number of nitrogens with zero attached hydrogens (tertiary/aromatic N) is 1. The quantitative estimate of drug-likeness (QED) is 0.263. The lowest BCUT2D eigenvalue weighted by molar-refractivity contribution is 0.321. The van der Waals surface area contributed by atoms with Gasteiger partial charge in [-0.05, 0) is 57.3 Å². The third-order valence-corrected chi connectivity index (χ3v) is 3.00. The molecule has 0 aliphatic heterocycles. The average Bonchev–Trinajstić information content (AvgIpc) is 2.17. The second-order valence-electron chi connectivity index (χ2n) is 2.65. The van der Waals surface area contributed by atoms with Gasteiger partial charge in [0.2, 0.25) is 0 Å². The van der Waals surface area contributed by atoms with Crippen molar-refractivity contribution in [2.75, 3.05) is 6.61 Å². The molecule has 15 heavy (non-hydrogen) atoms. The highest BCUT2D eigenvalue weighted by atomic mass is 127. The molecule has 0 aromatic heterocycles. The maximum absolute atomic E-state index is 8.54. The zero-order valence-corrected chi connectivity index (χ0v) is 12.1. The molecule has 3 nitrogen and oxygen atoms in total. The highest BCUT2D eigenvalue weighted by Gasteiger charge is 2.08. The summed E-state index contributed by atoms with van der Waals surface area (Å²) >= 11 is 4.38.